The Kier molecular flexibility index (Phi) is 5.04. The summed E-state index contributed by atoms with van der Waals surface area (Å²) in [5.41, 5.74) is 1.72. The number of methoxy groups -OCH3 is 1. The van der Waals surface area contributed by atoms with E-state index in [0.29, 0.717) is 19.6 Å². The molecule has 1 N–H and O–H groups in total. The molecule has 0 radical (unpaired) electrons. The zero-order valence-electron chi connectivity index (χ0n) is 13.0. The summed E-state index contributed by atoms with van der Waals surface area (Å²) >= 11 is 0. The number of benzene rings is 1. The second-order valence-corrected chi connectivity index (χ2v) is 4.84. The van der Waals surface area contributed by atoms with Crippen molar-refractivity contribution in [2.45, 2.75) is 20.3 Å². The van der Waals surface area contributed by atoms with E-state index < -0.39 is 6.09 Å². The average Bonchev–Trinajstić information content (AvgIpc) is 2.85. The van der Waals surface area contributed by atoms with Gasteiger partial charge >= 0.3 is 6.09 Å². The van der Waals surface area contributed by atoms with Crippen molar-refractivity contribution in [3.05, 3.63) is 30.0 Å². The van der Waals surface area contributed by atoms with Crippen LogP contribution in [0.2, 0.25) is 0 Å². The van der Waals surface area contributed by atoms with Crippen molar-refractivity contribution in [1.29, 1.82) is 0 Å². The molecule has 6 heteroatoms. The van der Waals surface area contributed by atoms with Gasteiger partial charge in [-0.25, -0.2) is 4.79 Å². The lowest BCUT2D eigenvalue weighted by molar-refractivity contribution is -0.118. The first kappa shape index (κ1) is 15.9. The van der Waals surface area contributed by atoms with Gasteiger partial charge in [0.1, 0.15) is 5.75 Å². The molecule has 1 aromatic carbocycles. The molecule has 2 rings (SSSR count). The standard InChI is InChI=1S/C16H20N2O4/c1-4-22-16(20)18-10-12(7-8-17-11(2)19)14-9-13(21-3)5-6-15(14)18/h5-6,9-10H,4,7-8H2,1-3H3,(H,17,19). The maximum absolute atomic E-state index is 12.0. The molecule has 2 aromatic rings. The van der Waals surface area contributed by atoms with Gasteiger partial charge in [0.05, 0.1) is 19.2 Å². The number of nitrogens with zero attached hydrogens (tertiary/aromatic N) is 1. The number of nitrogens with one attached hydrogen (secondary N) is 1. The minimum absolute atomic E-state index is 0.0771. The van der Waals surface area contributed by atoms with Crippen LogP contribution in [0.5, 0.6) is 5.75 Å². The van der Waals surface area contributed by atoms with E-state index in [1.165, 1.54) is 11.5 Å². The molecule has 118 valence electrons. The van der Waals surface area contributed by atoms with Gasteiger partial charge in [-0.05, 0) is 37.1 Å². The SMILES string of the molecule is CCOC(=O)n1cc(CCNC(C)=O)c2cc(OC)ccc21. The highest BCUT2D eigenvalue weighted by atomic mass is 16.5. The third kappa shape index (κ3) is 3.39. The van der Waals surface area contributed by atoms with Gasteiger partial charge in [-0.3, -0.25) is 9.36 Å². The van der Waals surface area contributed by atoms with Gasteiger partial charge < -0.3 is 14.8 Å². The molecule has 0 saturated carbocycles. The monoisotopic (exact) mass is 304 g/mol. The van der Waals surface area contributed by atoms with E-state index in [9.17, 15) is 9.59 Å². The molecule has 1 heterocycles. The van der Waals surface area contributed by atoms with E-state index in [2.05, 4.69) is 5.32 Å². The molecule has 1 aromatic heterocycles. The Labute approximate surface area is 129 Å². The zero-order chi connectivity index (χ0) is 16.1. The summed E-state index contributed by atoms with van der Waals surface area (Å²) < 4.78 is 11.8. The summed E-state index contributed by atoms with van der Waals surface area (Å²) in [5.74, 6) is 0.640. The average molecular weight is 304 g/mol. The smallest absolute Gasteiger partial charge is 0.418 e. The van der Waals surface area contributed by atoms with E-state index >= 15 is 0 Å². The predicted octanol–water partition coefficient (Wildman–Crippen LogP) is 2.33. The minimum Gasteiger partial charge on any atom is -0.497 e. The van der Waals surface area contributed by atoms with Gasteiger partial charge in [0.15, 0.2) is 0 Å². The summed E-state index contributed by atoms with van der Waals surface area (Å²) in [6.07, 6.45) is 1.96. The van der Waals surface area contributed by atoms with Crippen molar-refractivity contribution in [1.82, 2.24) is 9.88 Å². The van der Waals surface area contributed by atoms with Gasteiger partial charge in [0.2, 0.25) is 5.91 Å². The van der Waals surface area contributed by atoms with Crippen LogP contribution >= 0.6 is 0 Å². The summed E-state index contributed by atoms with van der Waals surface area (Å²) in [6, 6.07) is 5.51. The molecule has 0 fully saturated rings. The number of amides is 1. The summed E-state index contributed by atoms with van der Waals surface area (Å²) in [7, 11) is 1.60. The molecule has 6 nitrogen and oxygen atoms in total. The number of carbonyl (C=O) groups is 2. The lowest BCUT2D eigenvalue weighted by Crippen LogP contribution is -2.22. The first-order valence-corrected chi connectivity index (χ1v) is 7.16. The predicted molar refractivity (Wildman–Crippen MR) is 83.3 cm³/mol. The van der Waals surface area contributed by atoms with Gasteiger partial charge in [-0.2, -0.15) is 0 Å². The van der Waals surface area contributed by atoms with Crippen LogP contribution in [0.4, 0.5) is 4.79 Å². The highest BCUT2D eigenvalue weighted by Gasteiger charge is 2.15. The number of hydrogen-bond acceptors (Lipinski definition) is 4. The van der Waals surface area contributed by atoms with Crippen molar-refractivity contribution in [3.8, 4) is 5.75 Å². The molecule has 1 amide bonds. The molecule has 0 bridgehead atoms. The fourth-order valence-electron chi connectivity index (χ4n) is 2.32. The lowest BCUT2D eigenvalue weighted by Gasteiger charge is -2.04. The Balaban J connectivity index is 2.39. The third-order valence-electron chi connectivity index (χ3n) is 3.33. The number of carbonyl (C=O) groups excluding carboxylic acids is 2. The van der Waals surface area contributed by atoms with E-state index in [1.807, 2.05) is 12.1 Å². The van der Waals surface area contributed by atoms with Gasteiger partial charge in [0, 0.05) is 25.1 Å². The van der Waals surface area contributed by atoms with Gasteiger partial charge in [0.25, 0.3) is 0 Å². The largest absolute Gasteiger partial charge is 0.497 e. The Morgan fingerprint density at radius 3 is 2.73 bits per heavy atom. The first-order valence-electron chi connectivity index (χ1n) is 7.16. The van der Waals surface area contributed by atoms with E-state index in [0.717, 1.165) is 22.2 Å². The van der Waals surface area contributed by atoms with Crippen LogP contribution in [0.25, 0.3) is 10.9 Å². The van der Waals surface area contributed by atoms with Crippen molar-refractivity contribution < 1.29 is 19.1 Å². The number of fused-ring (bicyclic) bond motifs is 1. The molecule has 0 unspecified atom stereocenters. The molecule has 0 aliphatic rings. The van der Waals surface area contributed by atoms with Crippen LogP contribution < -0.4 is 10.1 Å². The third-order valence-corrected chi connectivity index (χ3v) is 3.33. The fourth-order valence-corrected chi connectivity index (χ4v) is 2.32. The van der Waals surface area contributed by atoms with E-state index in [4.69, 9.17) is 9.47 Å². The molecular formula is C16H20N2O4. The second-order valence-electron chi connectivity index (χ2n) is 4.84. The Hall–Kier alpha value is -2.50. The van der Waals surface area contributed by atoms with E-state index in [1.54, 1.807) is 26.3 Å². The quantitative estimate of drug-likeness (QED) is 0.920. The number of rotatable bonds is 5. The molecule has 0 saturated heterocycles. The van der Waals surface area contributed by atoms with E-state index in [-0.39, 0.29) is 5.91 Å². The van der Waals surface area contributed by atoms with Crippen LogP contribution in [0, 0.1) is 0 Å². The minimum atomic E-state index is -0.413. The lowest BCUT2D eigenvalue weighted by atomic mass is 10.1. The normalized spacial score (nSPS) is 10.5. The molecule has 0 spiro atoms. The van der Waals surface area contributed by atoms with Crippen LogP contribution in [0.1, 0.15) is 19.4 Å². The summed E-state index contributed by atoms with van der Waals surface area (Å²) in [4.78, 5) is 23.0. The molecule has 22 heavy (non-hydrogen) atoms. The maximum Gasteiger partial charge on any atom is 0.418 e. The first-order chi connectivity index (χ1) is 10.6. The van der Waals surface area contributed by atoms with Crippen molar-refractivity contribution in [3.63, 3.8) is 0 Å². The highest BCUT2D eigenvalue weighted by molar-refractivity contribution is 5.92. The fraction of sp³-hybridized carbons (Fsp3) is 0.375. The van der Waals surface area contributed by atoms with Gasteiger partial charge in [-0.15, -0.1) is 0 Å². The Bertz CT molecular complexity index is 691. The number of hydrogen-bond donors (Lipinski definition) is 1. The number of aromatic nitrogens is 1. The van der Waals surface area contributed by atoms with Crippen LogP contribution in [0.3, 0.4) is 0 Å². The van der Waals surface area contributed by atoms with Crippen LogP contribution in [-0.2, 0) is 16.0 Å². The Morgan fingerprint density at radius 2 is 2.09 bits per heavy atom. The Morgan fingerprint density at radius 1 is 1.32 bits per heavy atom. The molecule has 0 atom stereocenters. The zero-order valence-corrected chi connectivity index (χ0v) is 13.0. The van der Waals surface area contributed by atoms with Gasteiger partial charge in [-0.1, -0.05) is 0 Å². The molecular weight excluding hydrogens is 284 g/mol. The second kappa shape index (κ2) is 6.98. The van der Waals surface area contributed by atoms with Crippen molar-refractivity contribution >= 4 is 22.9 Å². The number of ether oxygens (including phenoxy) is 2. The topological polar surface area (TPSA) is 69.6 Å². The summed E-state index contributed by atoms with van der Waals surface area (Å²) in [5, 5.41) is 3.67. The van der Waals surface area contributed by atoms with Crippen molar-refractivity contribution in [2.75, 3.05) is 20.3 Å². The van der Waals surface area contributed by atoms with Crippen LogP contribution in [-0.4, -0.2) is 36.8 Å². The molecule has 0 aliphatic carbocycles. The van der Waals surface area contributed by atoms with Crippen molar-refractivity contribution in [2.24, 2.45) is 0 Å². The highest BCUT2D eigenvalue weighted by Crippen LogP contribution is 2.26. The maximum atomic E-state index is 12.0. The molecule has 0 aliphatic heterocycles. The van der Waals surface area contributed by atoms with Crippen LogP contribution in [0.15, 0.2) is 24.4 Å². The summed E-state index contributed by atoms with van der Waals surface area (Å²) in [6.45, 7) is 4.07.